The molecule has 1 amide bonds. The third-order valence-electron chi connectivity index (χ3n) is 2.75. The van der Waals surface area contributed by atoms with E-state index in [0.29, 0.717) is 11.8 Å². The predicted octanol–water partition coefficient (Wildman–Crippen LogP) is 2.82. The van der Waals surface area contributed by atoms with Gasteiger partial charge in [-0.05, 0) is 30.4 Å². The highest BCUT2D eigenvalue weighted by atomic mass is 16.1. The summed E-state index contributed by atoms with van der Waals surface area (Å²) in [6.45, 7) is 2.16. The van der Waals surface area contributed by atoms with Crippen LogP contribution in [0.1, 0.15) is 26.2 Å². The fraction of sp³-hybridized carbons (Fsp3) is 0.417. The molecule has 2 heteroatoms. The summed E-state index contributed by atoms with van der Waals surface area (Å²) in [6.07, 6.45) is 3.03. The summed E-state index contributed by atoms with van der Waals surface area (Å²) in [5, 5.41) is 2.90. The Bertz CT molecular complexity index is 327. The van der Waals surface area contributed by atoms with Crippen LogP contribution in [0.15, 0.2) is 30.3 Å². The first kappa shape index (κ1) is 9.25. The Hall–Kier alpha value is -1.31. The monoisotopic (exact) mass is 189 g/mol. The molecule has 2 nitrogen and oxygen atoms in total. The van der Waals surface area contributed by atoms with Crippen molar-refractivity contribution in [3.8, 4) is 0 Å². The SMILES string of the molecule is CC1(CC(=O)Nc2ccccc2)CC1. The van der Waals surface area contributed by atoms with Crippen molar-refractivity contribution in [3.05, 3.63) is 30.3 Å². The number of anilines is 1. The topological polar surface area (TPSA) is 29.1 Å². The molecule has 0 aromatic heterocycles. The maximum Gasteiger partial charge on any atom is 0.224 e. The van der Waals surface area contributed by atoms with E-state index >= 15 is 0 Å². The smallest absolute Gasteiger partial charge is 0.224 e. The van der Waals surface area contributed by atoms with Gasteiger partial charge in [-0.2, -0.15) is 0 Å². The van der Waals surface area contributed by atoms with E-state index in [0.717, 1.165) is 5.69 Å². The summed E-state index contributed by atoms with van der Waals surface area (Å²) in [4.78, 5) is 11.6. The van der Waals surface area contributed by atoms with Crippen LogP contribution in [-0.4, -0.2) is 5.91 Å². The van der Waals surface area contributed by atoms with Gasteiger partial charge in [-0.15, -0.1) is 0 Å². The Labute approximate surface area is 84.3 Å². The quantitative estimate of drug-likeness (QED) is 0.778. The molecule has 1 aliphatic rings. The zero-order chi connectivity index (χ0) is 10.0. The maximum absolute atomic E-state index is 11.6. The first-order valence-corrected chi connectivity index (χ1v) is 5.03. The first-order valence-electron chi connectivity index (χ1n) is 5.03. The summed E-state index contributed by atoms with van der Waals surface area (Å²) in [5.41, 5.74) is 1.18. The molecule has 0 aliphatic heterocycles. The number of carbonyl (C=O) groups excluding carboxylic acids is 1. The van der Waals surface area contributed by atoms with Gasteiger partial charge in [-0.3, -0.25) is 4.79 Å². The lowest BCUT2D eigenvalue weighted by Crippen LogP contribution is -2.15. The van der Waals surface area contributed by atoms with E-state index in [1.54, 1.807) is 0 Å². The molecule has 0 atom stereocenters. The zero-order valence-corrected chi connectivity index (χ0v) is 8.42. The molecular formula is C12H15NO. The molecule has 1 saturated carbocycles. The number of hydrogen-bond donors (Lipinski definition) is 1. The molecule has 0 spiro atoms. The lowest BCUT2D eigenvalue weighted by Gasteiger charge is -2.08. The van der Waals surface area contributed by atoms with Gasteiger partial charge in [0.25, 0.3) is 0 Å². The number of carbonyl (C=O) groups is 1. The van der Waals surface area contributed by atoms with Crippen molar-refractivity contribution in [1.82, 2.24) is 0 Å². The van der Waals surface area contributed by atoms with Crippen LogP contribution in [0.25, 0.3) is 0 Å². The number of para-hydroxylation sites is 1. The van der Waals surface area contributed by atoms with Gasteiger partial charge in [0.05, 0.1) is 0 Å². The van der Waals surface area contributed by atoms with Crippen LogP contribution >= 0.6 is 0 Å². The third kappa shape index (κ3) is 2.34. The lowest BCUT2D eigenvalue weighted by atomic mass is 10.1. The molecular weight excluding hydrogens is 174 g/mol. The van der Waals surface area contributed by atoms with Gasteiger partial charge in [0.1, 0.15) is 0 Å². The van der Waals surface area contributed by atoms with E-state index in [1.807, 2.05) is 30.3 Å². The van der Waals surface area contributed by atoms with Crippen molar-refractivity contribution in [2.75, 3.05) is 5.32 Å². The molecule has 0 saturated heterocycles. The van der Waals surface area contributed by atoms with Crippen molar-refractivity contribution in [2.24, 2.45) is 5.41 Å². The van der Waals surface area contributed by atoms with Crippen molar-refractivity contribution in [1.29, 1.82) is 0 Å². The number of amides is 1. The molecule has 1 N–H and O–H groups in total. The number of hydrogen-bond acceptors (Lipinski definition) is 1. The second-order valence-electron chi connectivity index (χ2n) is 4.40. The number of rotatable bonds is 3. The van der Waals surface area contributed by atoms with Crippen molar-refractivity contribution >= 4 is 11.6 Å². The Balaban J connectivity index is 1.89. The van der Waals surface area contributed by atoms with Crippen molar-refractivity contribution in [3.63, 3.8) is 0 Å². The summed E-state index contributed by atoms with van der Waals surface area (Å²) in [5.74, 6) is 0.135. The van der Waals surface area contributed by atoms with E-state index in [4.69, 9.17) is 0 Å². The van der Waals surface area contributed by atoms with Gasteiger partial charge >= 0.3 is 0 Å². The molecule has 1 aromatic carbocycles. The highest BCUT2D eigenvalue weighted by Crippen LogP contribution is 2.48. The van der Waals surface area contributed by atoms with Crippen LogP contribution in [0.3, 0.4) is 0 Å². The van der Waals surface area contributed by atoms with Gasteiger partial charge < -0.3 is 5.32 Å². The largest absolute Gasteiger partial charge is 0.326 e. The highest BCUT2D eigenvalue weighted by molar-refractivity contribution is 5.91. The van der Waals surface area contributed by atoms with Gasteiger partial charge in [0, 0.05) is 12.1 Å². The Morgan fingerprint density at radius 1 is 1.36 bits per heavy atom. The van der Waals surface area contributed by atoms with Gasteiger partial charge in [0.15, 0.2) is 0 Å². The standard InChI is InChI=1S/C12H15NO/c1-12(7-8-12)9-11(14)13-10-5-3-2-4-6-10/h2-6H,7-9H2,1H3,(H,13,14). The van der Waals surface area contributed by atoms with E-state index in [2.05, 4.69) is 12.2 Å². The van der Waals surface area contributed by atoms with Crippen LogP contribution in [0.2, 0.25) is 0 Å². The lowest BCUT2D eigenvalue weighted by molar-refractivity contribution is -0.117. The third-order valence-corrected chi connectivity index (χ3v) is 2.75. The Kier molecular flexibility index (Phi) is 2.28. The van der Waals surface area contributed by atoms with Crippen LogP contribution < -0.4 is 5.32 Å². The average Bonchev–Trinajstić information content (AvgIpc) is 2.84. The molecule has 0 heterocycles. The van der Waals surface area contributed by atoms with Crippen LogP contribution in [0.4, 0.5) is 5.69 Å². The summed E-state index contributed by atoms with van der Waals surface area (Å²) in [7, 11) is 0. The van der Waals surface area contributed by atoms with Crippen molar-refractivity contribution < 1.29 is 4.79 Å². The minimum atomic E-state index is 0.135. The maximum atomic E-state index is 11.6. The van der Waals surface area contributed by atoms with Gasteiger partial charge in [-0.25, -0.2) is 0 Å². The zero-order valence-electron chi connectivity index (χ0n) is 8.42. The van der Waals surface area contributed by atoms with Crippen LogP contribution in [0.5, 0.6) is 0 Å². The van der Waals surface area contributed by atoms with E-state index < -0.39 is 0 Å². The van der Waals surface area contributed by atoms with E-state index in [1.165, 1.54) is 12.8 Å². The molecule has 74 valence electrons. The fourth-order valence-electron chi connectivity index (χ4n) is 1.50. The molecule has 14 heavy (non-hydrogen) atoms. The summed E-state index contributed by atoms with van der Waals surface area (Å²) in [6, 6.07) is 9.61. The molecule has 1 fully saturated rings. The Morgan fingerprint density at radius 3 is 2.57 bits per heavy atom. The van der Waals surface area contributed by atoms with E-state index in [-0.39, 0.29) is 5.91 Å². The minimum absolute atomic E-state index is 0.135. The second-order valence-corrected chi connectivity index (χ2v) is 4.40. The minimum Gasteiger partial charge on any atom is -0.326 e. The highest BCUT2D eigenvalue weighted by Gasteiger charge is 2.38. The molecule has 0 bridgehead atoms. The number of nitrogens with one attached hydrogen (secondary N) is 1. The van der Waals surface area contributed by atoms with Crippen LogP contribution in [-0.2, 0) is 4.79 Å². The first-order chi connectivity index (χ1) is 6.68. The normalized spacial score (nSPS) is 17.5. The predicted molar refractivity (Wildman–Crippen MR) is 57.0 cm³/mol. The van der Waals surface area contributed by atoms with Gasteiger partial charge in [0.2, 0.25) is 5.91 Å². The molecule has 1 aliphatic carbocycles. The van der Waals surface area contributed by atoms with Crippen LogP contribution in [0, 0.1) is 5.41 Å². The second kappa shape index (κ2) is 3.45. The summed E-state index contributed by atoms with van der Waals surface area (Å²) >= 11 is 0. The molecule has 0 radical (unpaired) electrons. The van der Waals surface area contributed by atoms with Gasteiger partial charge in [-0.1, -0.05) is 25.1 Å². The van der Waals surface area contributed by atoms with Crippen molar-refractivity contribution in [2.45, 2.75) is 26.2 Å². The van der Waals surface area contributed by atoms with E-state index in [9.17, 15) is 4.79 Å². The molecule has 0 unspecified atom stereocenters. The number of benzene rings is 1. The molecule has 2 rings (SSSR count). The average molecular weight is 189 g/mol. The molecule has 1 aromatic rings. The summed E-state index contributed by atoms with van der Waals surface area (Å²) < 4.78 is 0. The fourth-order valence-corrected chi connectivity index (χ4v) is 1.50. The Morgan fingerprint density at radius 2 is 2.00 bits per heavy atom.